The molecule has 1 fully saturated rings. The van der Waals surface area contributed by atoms with E-state index in [1.807, 2.05) is 0 Å². The summed E-state index contributed by atoms with van der Waals surface area (Å²) in [6.07, 6.45) is 4.34. The van der Waals surface area contributed by atoms with Crippen molar-refractivity contribution in [3.05, 3.63) is 21.0 Å². The van der Waals surface area contributed by atoms with Gasteiger partial charge < -0.3 is 11.2 Å². The predicted octanol–water partition coefficient (Wildman–Crippen LogP) is -0.259. The smallest absolute Gasteiger partial charge is 0.355 e. The van der Waals surface area contributed by atoms with E-state index in [-0.39, 0.29) is 11.4 Å². The standard InChI is InChI=1S/C11H19N5O2/c1-11(5-3-4-6-11)7-15-9(17)14-8(13-2)16(12)10(15)18/h3-7,12H2,1-2H3,(H,13,14,17). The zero-order valence-electron chi connectivity index (χ0n) is 10.8. The maximum atomic E-state index is 12.0. The molecule has 7 heteroatoms. The van der Waals surface area contributed by atoms with Crippen LogP contribution in [-0.2, 0) is 6.54 Å². The zero-order chi connectivity index (χ0) is 13.3. The van der Waals surface area contributed by atoms with Crippen molar-refractivity contribution in [1.29, 1.82) is 0 Å². The first-order valence-electron chi connectivity index (χ1n) is 6.13. The normalized spacial score (nSPS) is 17.9. The molecule has 1 aliphatic rings. The minimum atomic E-state index is -0.542. The van der Waals surface area contributed by atoms with Gasteiger partial charge in [0, 0.05) is 13.6 Å². The molecule has 7 nitrogen and oxygen atoms in total. The number of anilines is 1. The molecule has 3 N–H and O–H groups in total. The summed E-state index contributed by atoms with van der Waals surface area (Å²) in [7, 11) is 1.56. The number of rotatable bonds is 3. The van der Waals surface area contributed by atoms with Crippen LogP contribution in [0.4, 0.5) is 5.95 Å². The van der Waals surface area contributed by atoms with E-state index < -0.39 is 11.4 Å². The molecule has 1 aliphatic carbocycles. The molecule has 0 aliphatic heterocycles. The summed E-state index contributed by atoms with van der Waals surface area (Å²) in [5, 5.41) is 2.62. The second-order valence-corrected chi connectivity index (χ2v) is 5.22. The van der Waals surface area contributed by atoms with Crippen molar-refractivity contribution < 1.29 is 0 Å². The molecule has 1 heterocycles. The SMILES string of the molecule is CNc1nc(=O)n(CC2(C)CCCC2)c(=O)n1N. The van der Waals surface area contributed by atoms with Crippen LogP contribution in [0.5, 0.6) is 0 Å². The number of nitrogens with two attached hydrogens (primary N) is 1. The highest BCUT2D eigenvalue weighted by atomic mass is 16.2. The van der Waals surface area contributed by atoms with E-state index >= 15 is 0 Å². The van der Waals surface area contributed by atoms with Gasteiger partial charge in [0.2, 0.25) is 5.95 Å². The lowest BCUT2D eigenvalue weighted by atomic mass is 9.89. The second kappa shape index (κ2) is 4.47. The Morgan fingerprint density at radius 2 is 2.00 bits per heavy atom. The van der Waals surface area contributed by atoms with E-state index in [0.717, 1.165) is 34.9 Å². The molecule has 1 aromatic rings. The molecular weight excluding hydrogens is 234 g/mol. The van der Waals surface area contributed by atoms with Gasteiger partial charge >= 0.3 is 11.4 Å². The fourth-order valence-corrected chi connectivity index (χ4v) is 2.59. The Bertz CT molecular complexity index is 554. The molecular formula is C11H19N5O2. The van der Waals surface area contributed by atoms with E-state index in [1.165, 1.54) is 0 Å². The van der Waals surface area contributed by atoms with Gasteiger partial charge in [-0.1, -0.05) is 19.8 Å². The molecule has 1 saturated carbocycles. The van der Waals surface area contributed by atoms with Gasteiger partial charge in [0.1, 0.15) is 0 Å². The van der Waals surface area contributed by atoms with Gasteiger partial charge in [0.25, 0.3) is 0 Å². The van der Waals surface area contributed by atoms with Crippen LogP contribution in [0.2, 0.25) is 0 Å². The van der Waals surface area contributed by atoms with Crippen LogP contribution in [-0.4, -0.2) is 21.3 Å². The summed E-state index contributed by atoms with van der Waals surface area (Å²) in [6.45, 7) is 2.48. The summed E-state index contributed by atoms with van der Waals surface area (Å²) in [6, 6.07) is 0. The van der Waals surface area contributed by atoms with Gasteiger partial charge in [-0.3, -0.25) is 0 Å². The lowest BCUT2D eigenvalue weighted by Gasteiger charge is -2.23. The summed E-state index contributed by atoms with van der Waals surface area (Å²) in [4.78, 5) is 27.6. The second-order valence-electron chi connectivity index (χ2n) is 5.22. The highest BCUT2D eigenvalue weighted by Gasteiger charge is 2.30. The maximum absolute atomic E-state index is 12.0. The topological polar surface area (TPSA) is 94.9 Å². The third-order valence-corrected chi connectivity index (χ3v) is 3.67. The van der Waals surface area contributed by atoms with Crippen molar-refractivity contribution in [1.82, 2.24) is 14.2 Å². The fraction of sp³-hybridized carbons (Fsp3) is 0.727. The molecule has 100 valence electrons. The summed E-state index contributed by atoms with van der Waals surface area (Å²) < 4.78 is 2.01. The Morgan fingerprint density at radius 1 is 1.39 bits per heavy atom. The van der Waals surface area contributed by atoms with Gasteiger partial charge in [-0.25, -0.2) is 14.2 Å². The van der Waals surface area contributed by atoms with E-state index in [0.29, 0.717) is 6.54 Å². The van der Waals surface area contributed by atoms with Crippen LogP contribution in [0.15, 0.2) is 9.59 Å². The van der Waals surface area contributed by atoms with Crippen LogP contribution in [0.1, 0.15) is 32.6 Å². The number of aromatic nitrogens is 3. The average molecular weight is 253 g/mol. The van der Waals surface area contributed by atoms with E-state index in [2.05, 4.69) is 17.2 Å². The zero-order valence-corrected chi connectivity index (χ0v) is 10.8. The predicted molar refractivity (Wildman–Crippen MR) is 69.0 cm³/mol. The minimum absolute atomic E-state index is 0.00116. The fourth-order valence-electron chi connectivity index (χ4n) is 2.59. The van der Waals surface area contributed by atoms with Gasteiger partial charge in [0.05, 0.1) is 0 Å². The molecule has 0 radical (unpaired) electrons. The molecule has 1 aromatic heterocycles. The number of hydrogen-bond acceptors (Lipinski definition) is 5. The first-order valence-corrected chi connectivity index (χ1v) is 6.13. The number of hydrogen-bond donors (Lipinski definition) is 2. The third-order valence-electron chi connectivity index (χ3n) is 3.67. The van der Waals surface area contributed by atoms with Crippen LogP contribution < -0.4 is 22.5 Å². The van der Waals surface area contributed by atoms with E-state index in [1.54, 1.807) is 7.05 Å². The maximum Gasteiger partial charge on any atom is 0.355 e. The van der Waals surface area contributed by atoms with E-state index in [4.69, 9.17) is 5.84 Å². The number of nitrogen functional groups attached to an aromatic ring is 1. The van der Waals surface area contributed by atoms with Crippen molar-refractivity contribution in [2.75, 3.05) is 18.2 Å². The molecule has 0 atom stereocenters. The third kappa shape index (κ3) is 2.12. The Morgan fingerprint density at radius 3 is 2.56 bits per heavy atom. The highest BCUT2D eigenvalue weighted by Crippen LogP contribution is 2.38. The minimum Gasteiger partial charge on any atom is -0.357 e. The Balaban J connectivity index is 2.43. The molecule has 18 heavy (non-hydrogen) atoms. The summed E-state index contributed by atoms with van der Waals surface area (Å²) in [5.74, 6) is 5.68. The van der Waals surface area contributed by atoms with Gasteiger partial charge in [-0.15, -0.1) is 0 Å². The monoisotopic (exact) mass is 253 g/mol. The van der Waals surface area contributed by atoms with Crippen molar-refractivity contribution in [2.24, 2.45) is 5.41 Å². The van der Waals surface area contributed by atoms with Crippen molar-refractivity contribution in [3.63, 3.8) is 0 Å². The summed E-state index contributed by atoms with van der Waals surface area (Å²) in [5.41, 5.74) is -1.06. The molecule has 0 spiro atoms. The first kappa shape index (κ1) is 12.7. The molecule has 2 rings (SSSR count). The lowest BCUT2D eigenvalue weighted by Crippen LogP contribution is -2.47. The van der Waals surface area contributed by atoms with Crippen LogP contribution in [0.3, 0.4) is 0 Å². The molecule has 0 aromatic carbocycles. The largest absolute Gasteiger partial charge is 0.357 e. The highest BCUT2D eigenvalue weighted by molar-refractivity contribution is 5.21. The van der Waals surface area contributed by atoms with Crippen molar-refractivity contribution in [2.45, 2.75) is 39.2 Å². The quantitative estimate of drug-likeness (QED) is 0.724. The molecule has 0 unspecified atom stereocenters. The Kier molecular flexibility index (Phi) is 3.14. The number of nitrogens with zero attached hydrogens (tertiary/aromatic N) is 3. The van der Waals surface area contributed by atoms with Gasteiger partial charge in [0.15, 0.2) is 0 Å². The molecule has 0 amide bonds. The van der Waals surface area contributed by atoms with Gasteiger partial charge in [-0.2, -0.15) is 9.66 Å². The molecule has 0 bridgehead atoms. The van der Waals surface area contributed by atoms with Crippen molar-refractivity contribution in [3.8, 4) is 0 Å². The van der Waals surface area contributed by atoms with Crippen LogP contribution in [0, 0.1) is 5.41 Å². The van der Waals surface area contributed by atoms with Crippen LogP contribution >= 0.6 is 0 Å². The summed E-state index contributed by atoms with van der Waals surface area (Å²) >= 11 is 0. The lowest BCUT2D eigenvalue weighted by molar-refractivity contribution is 0.268. The first-order chi connectivity index (χ1) is 8.47. The van der Waals surface area contributed by atoms with Crippen LogP contribution in [0.25, 0.3) is 0 Å². The Hall–Kier alpha value is -1.79. The molecule has 0 saturated heterocycles. The number of nitrogens with one attached hydrogen (secondary N) is 1. The van der Waals surface area contributed by atoms with Crippen molar-refractivity contribution >= 4 is 5.95 Å². The average Bonchev–Trinajstić information content (AvgIpc) is 2.76. The van der Waals surface area contributed by atoms with E-state index in [9.17, 15) is 9.59 Å². The van der Waals surface area contributed by atoms with Gasteiger partial charge in [-0.05, 0) is 18.3 Å². The Labute approximate surface area is 105 Å².